The Hall–Kier alpha value is -3.18. The molecule has 2 aromatic carbocycles. The van der Waals surface area contributed by atoms with Crippen LogP contribution in [0.25, 0.3) is 0 Å². The van der Waals surface area contributed by atoms with Gasteiger partial charge in [0.2, 0.25) is 0 Å². The highest BCUT2D eigenvalue weighted by Crippen LogP contribution is 2.33. The van der Waals surface area contributed by atoms with Crippen molar-refractivity contribution in [1.29, 1.82) is 0 Å². The molecule has 1 heterocycles. The van der Waals surface area contributed by atoms with Gasteiger partial charge in [0.15, 0.2) is 5.78 Å². The predicted octanol–water partition coefficient (Wildman–Crippen LogP) is 3.98. The average molecular weight is 374 g/mol. The summed E-state index contributed by atoms with van der Waals surface area (Å²) in [5, 5.41) is 0. The second-order valence-electron chi connectivity index (χ2n) is 6.96. The first-order valence-corrected chi connectivity index (χ1v) is 9.38. The second kappa shape index (κ2) is 9.15. The molecule has 144 valence electrons. The summed E-state index contributed by atoms with van der Waals surface area (Å²) in [6.45, 7) is 1.67. The molecule has 1 aromatic heterocycles. The summed E-state index contributed by atoms with van der Waals surface area (Å²) in [4.78, 5) is 21.7. The van der Waals surface area contributed by atoms with Gasteiger partial charge in [0.25, 0.3) is 0 Å². The Bertz CT molecular complexity index is 925. The molecule has 0 aliphatic rings. The van der Waals surface area contributed by atoms with E-state index in [9.17, 15) is 4.79 Å². The lowest BCUT2D eigenvalue weighted by Crippen LogP contribution is -2.25. The molecule has 3 aromatic rings. The zero-order valence-electron chi connectivity index (χ0n) is 16.4. The molecule has 0 unspecified atom stereocenters. The zero-order chi connectivity index (χ0) is 19.9. The van der Waals surface area contributed by atoms with Crippen LogP contribution in [-0.4, -0.2) is 42.9 Å². The van der Waals surface area contributed by atoms with Gasteiger partial charge in [-0.15, -0.1) is 0 Å². The molecule has 5 nitrogen and oxygen atoms in total. The van der Waals surface area contributed by atoms with E-state index in [1.165, 1.54) is 0 Å². The van der Waals surface area contributed by atoms with E-state index in [0.717, 1.165) is 30.9 Å². The Morgan fingerprint density at radius 1 is 0.929 bits per heavy atom. The van der Waals surface area contributed by atoms with Crippen LogP contribution in [0, 0.1) is 0 Å². The number of pyridine rings is 1. The van der Waals surface area contributed by atoms with Crippen molar-refractivity contribution in [1.82, 2.24) is 9.88 Å². The summed E-state index contributed by atoms with van der Waals surface area (Å²) in [6.07, 6.45) is 4.36. The number of rotatable bonds is 8. The molecule has 0 amide bonds. The summed E-state index contributed by atoms with van der Waals surface area (Å²) in [6, 6.07) is 18.8. The number of aromatic nitrogens is 1. The Balaban J connectivity index is 2.03. The predicted molar refractivity (Wildman–Crippen MR) is 115 cm³/mol. The van der Waals surface area contributed by atoms with E-state index >= 15 is 0 Å². The number of nitrogen functional groups attached to an aromatic ring is 1. The van der Waals surface area contributed by atoms with Gasteiger partial charge in [0, 0.05) is 23.9 Å². The van der Waals surface area contributed by atoms with Gasteiger partial charge in [0.05, 0.1) is 23.3 Å². The quantitative estimate of drug-likeness (QED) is 0.604. The first kappa shape index (κ1) is 19.6. The van der Waals surface area contributed by atoms with Crippen LogP contribution in [0.4, 0.5) is 17.1 Å². The molecule has 0 fully saturated rings. The third kappa shape index (κ3) is 4.56. The van der Waals surface area contributed by atoms with Gasteiger partial charge in [-0.3, -0.25) is 9.78 Å². The van der Waals surface area contributed by atoms with E-state index in [2.05, 4.69) is 28.9 Å². The standard InChI is InChI=1S/C23H26N4O/c1-26(2)15-8-16-27(22-17-25-14-13-20(22)24)21-12-7-6-11-19(21)23(28)18-9-4-3-5-10-18/h3-7,9-14,17H,8,15-16H2,1-2H3,(H2,24,25). The molecule has 0 saturated heterocycles. The van der Waals surface area contributed by atoms with E-state index in [4.69, 9.17) is 5.73 Å². The minimum atomic E-state index is -0.00345. The van der Waals surface area contributed by atoms with Crippen molar-refractivity contribution in [2.45, 2.75) is 6.42 Å². The average Bonchev–Trinajstić information content (AvgIpc) is 2.72. The Morgan fingerprint density at radius 3 is 2.36 bits per heavy atom. The number of carbonyl (C=O) groups is 1. The zero-order valence-corrected chi connectivity index (χ0v) is 16.4. The summed E-state index contributed by atoms with van der Waals surface area (Å²) in [5.41, 5.74) is 9.87. The van der Waals surface area contributed by atoms with Crippen LogP contribution < -0.4 is 10.6 Å². The molecule has 0 aliphatic heterocycles. The number of benzene rings is 2. The molecule has 5 heteroatoms. The maximum absolute atomic E-state index is 13.2. The van der Waals surface area contributed by atoms with E-state index in [-0.39, 0.29) is 5.78 Å². The molecule has 0 aliphatic carbocycles. The fourth-order valence-electron chi connectivity index (χ4n) is 3.18. The third-order valence-electron chi connectivity index (χ3n) is 4.59. The van der Waals surface area contributed by atoms with Crippen LogP contribution in [-0.2, 0) is 0 Å². The van der Waals surface area contributed by atoms with Gasteiger partial charge in [-0.1, -0.05) is 42.5 Å². The van der Waals surface area contributed by atoms with E-state index in [1.54, 1.807) is 18.5 Å². The van der Waals surface area contributed by atoms with Crippen LogP contribution in [0.3, 0.4) is 0 Å². The molecular weight excluding hydrogens is 348 g/mol. The van der Waals surface area contributed by atoms with Crippen molar-refractivity contribution in [3.8, 4) is 0 Å². The lowest BCUT2D eigenvalue weighted by atomic mass is 10.0. The fraction of sp³-hybridized carbons (Fsp3) is 0.217. The maximum Gasteiger partial charge on any atom is 0.195 e. The van der Waals surface area contributed by atoms with Crippen molar-refractivity contribution in [3.05, 3.63) is 84.2 Å². The van der Waals surface area contributed by atoms with E-state index in [0.29, 0.717) is 16.8 Å². The van der Waals surface area contributed by atoms with Gasteiger partial charge in [-0.25, -0.2) is 0 Å². The largest absolute Gasteiger partial charge is 0.397 e. The lowest BCUT2D eigenvalue weighted by Gasteiger charge is -2.28. The van der Waals surface area contributed by atoms with Crippen molar-refractivity contribution >= 4 is 22.8 Å². The molecule has 2 N–H and O–H groups in total. The van der Waals surface area contributed by atoms with E-state index in [1.807, 2.05) is 54.6 Å². The highest BCUT2D eigenvalue weighted by atomic mass is 16.1. The number of hydrogen-bond donors (Lipinski definition) is 1. The van der Waals surface area contributed by atoms with Crippen molar-refractivity contribution in [2.24, 2.45) is 0 Å². The molecule has 0 atom stereocenters. The van der Waals surface area contributed by atoms with Gasteiger partial charge in [-0.05, 0) is 45.3 Å². The van der Waals surface area contributed by atoms with Gasteiger partial charge >= 0.3 is 0 Å². The summed E-state index contributed by atoms with van der Waals surface area (Å²) in [5.74, 6) is -0.00345. The summed E-state index contributed by atoms with van der Waals surface area (Å²) < 4.78 is 0. The SMILES string of the molecule is CN(C)CCCN(c1cnccc1N)c1ccccc1C(=O)c1ccccc1. The number of nitrogens with two attached hydrogens (primary N) is 1. The van der Waals surface area contributed by atoms with E-state index < -0.39 is 0 Å². The topological polar surface area (TPSA) is 62.5 Å². The minimum absolute atomic E-state index is 0.00345. The summed E-state index contributed by atoms with van der Waals surface area (Å²) >= 11 is 0. The molecule has 0 saturated carbocycles. The van der Waals surface area contributed by atoms with Crippen LogP contribution in [0.5, 0.6) is 0 Å². The fourth-order valence-corrected chi connectivity index (χ4v) is 3.18. The number of nitrogens with zero attached hydrogens (tertiary/aromatic N) is 3. The maximum atomic E-state index is 13.2. The highest BCUT2D eigenvalue weighted by Gasteiger charge is 2.20. The number of anilines is 3. The van der Waals surface area contributed by atoms with Gasteiger partial charge in [-0.2, -0.15) is 0 Å². The van der Waals surface area contributed by atoms with Crippen LogP contribution >= 0.6 is 0 Å². The molecule has 0 bridgehead atoms. The monoisotopic (exact) mass is 374 g/mol. The smallest absolute Gasteiger partial charge is 0.195 e. The van der Waals surface area contributed by atoms with Crippen molar-refractivity contribution in [3.63, 3.8) is 0 Å². The molecular formula is C23H26N4O. The van der Waals surface area contributed by atoms with Crippen LogP contribution in [0.2, 0.25) is 0 Å². The van der Waals surface area contributed by atoms with Gasteiger partial charge in [0.1, 0.15) is 0 Å². The van der Waals surface area contributed by atoms with Crippen LogP contribution in [0.15, 0.2) is 73.1 Å². The minimum Gasteiger partial charge on any atom is -0.397 e. The number of carbonyl (C=O) groups excluding carboxylic acids is 1. The Kier molecular flexibility index (Phi) is 6.40. The first-order chi connectivity index (χ1) is 13.6. The Morgan fingerprint density at radius 2 is 1.64 bits per heavy atom. The van der Waals surface area contributed by atoms with Crippen LogP contribution in [0.1, 0.15) is 22.3 Å². The highest BCUT2D eigenvalue weighted by molar-refractivity contribution is 6.12. The van der Waals surface area contributed by atoms with Crippen molar-refractivity contribution in [2.75, 3.05) is 37.8 Å². The molecule has 0 spiro atoms. The number of hydrogen-bond acceptors (Lipinski definition) is 5. The lowest BCUT2D eigenvalue weighted by molar-refractivity contribution is 0.103. The summed E-state index contributed by atoms with van der Waals surface area (Å²) in [7, 11) is 4.10. The Labute approximate surface area is 166 Å². The second-order valence-corrected chi connectivity index (χ2v) is 6.96. The normalized spacial score (nSPS) is 10.8. The number of ketones is 1. The number of para-hydroxylation sites is 1. The molecule has 0 radical (unpaired) electrons. The molecule has 28 heavy (non-hydrogen) atoms. The van der Waals surface area contributed by atoms with Gasteiger partial charge < -0.3 is 15.5 Å². The molecule has 3 rings (SSSR count). The third-order valence-corrected chi connectivity index (χ3v) is 4.59. The van der Waals surface area contributed by atoms with Crippen molar-refractivity contribution < 1.29 is 4.79 Å². The first-order valence-electron chi connectivity index (χ1n) is 9.38.